The second-order valence-electron chi connectivity index (χ2n) is 3.09. The van der Waals surface area contributed by atoms with Crippen molar-refractivity contribution in [2.75, 3.05) is 0 Å². The van der Waals surface area contributed by atoms with Crippen LogP contribution in [0.15, 0.2) is 6.20 Å². The highest BCUT2D eigenvalue weighted by Crippen LogP contribution is 1.84. The third kappa shape index (κ3) is 12.5. The lowest BCUT2D eigenvalue weighted by molar-refractivity contribution is -0.109. The fraction of sp³-hybridized carbons (Fsp3) is 0.636. The molecule has 0 radical (unpaired) electrons. The molecule has 1 N–H and O–H groups in total. The average Bonchev–Trinajstić information content (AvgIpc) is 2.26. The smallest absolute Gasteiger partial charge is 0.207 e. The first-order valence-corrected chi connectivity index (χ1v) is 5.39. The topological polar surface area (TPSA) is 67.8 Å². The zero-order valence-electron chi connectivity index (χ0n) is 11.0. The molecule has 5 nitrogen and oxygen atoms in total. The first-order chi connectivity index (χ1) is 7.56. The lowest BCUT2D eigenvalue weighted by atomic mass is 10.4. The van der Waals surface area contributed by atoms with Crippen LogP contribution in [0.1, 0.15) is 39.2 Å². The van der Waals surface area contributed by atoms with Crippen LogP contribution >= 0.6 is 0 Å². The maximum atomic E-state index is 9.50. The molecule has 1 rings (SSSR count). The van der Waals surface area contributed by atoms with Crippen molar-refractivity contribution in [2.24, 2.45) is 0 Å². The summed E-state index contributed by atoms with van der Waals surface area (Å²) in [6, 6.07) is 0.280. The Morgan fingerprint density at radius 1 is 1.25 bits per heavy atom. The van der Waals surface area contributed by atoms with Gasteiger partial charge < -0.3 is 5.32 Å². The Kier molecular flexibility index (Phi) is 12.2. The zero-order valence-corrected chi connectivity index (χ0v) is 11.0. The van der Waals surface area contributed by atoms with E-state index >= 15 is 0 Å². The first-order valence-electron chi connectivity index (χ1n) is 5.39. The Labute approximate surface area is 97.7 Å². The highest BCUT2D eigenvalue weighted by Gasteiger charge is 1.84. The predicted molar refractivity (Wildman–Crippen MR) is 65.0 cm³/mol. The number of hydrogen-bond donors (Lipinski definition) is 1. The van der Waals surface area contributed by atoms with Gasteiger partial charge in [0, 0.05) is 6.04 Å². The largest absolute Gasteiger partial charge is 0.357 e. The van der Waals surface area contributed by atoms with E-state index in [9.17, 15) is 4.79 Å². The normalized spacial score (nSPS) is 8.19. The van der Waals surface area contributed by atoms with Gasteiger partial charge in [-0.3, -0.25) is 4.79 Å². The summed E-state index contributed by atoms with van der Waals surface area (Å²) in [5.74, 6) is 0.718. The number of nitrogens with one attached hydrogen (secondary N) is 1. The van der Waals surface area contributed by atoms with Gasteiger partial charge in [0.25, 0.3) is 0 Å². The maximum Gasteiger partial charge on any atom is 0.207 e. The molecule has 0 aliphatic heterocycles. The Balaban J connectivity index is 0. The van der Waals surface area contributed by atoms with Gasteiger partial charge in [0.05, 0.1) is 11.9 Å². The zero-order chi connectivity index (χ0) is 13.0. The Morgan fingerprint density at radius 3 is 2.00 bits per heavy atom. The lowest BCUT2D eigenvalue weighted by Crippen LogP contribution is -2.19. The summed E-state index contributed by atoms with van der Waals surface area (Å²) in [5.41, 5.74) is 0.857. The van der Waals surface area contributed by atoms with E-state index in [1.807, 2.05) is 41.5 Å². The van der Waals surface area contributed by atoms with Crippen LogP contribution in [0.3, 0.4) is 0 Å². The summed E-state index contributed by atoms with van der Waals surface area (Å²) in [5, 5.41) is 10.0. The molecule has 0 fully saturated rings. The van der Waals surface area contributed by atoms with Gasteiger partial charge >= 0.3 is 0 Å². The van der Waals surface area contributed by atoms with Crippen LogP contribution in [0.4, 0.5) is 0 Å². The van der Waals surface area contributed by atoms with Crippen LogP contribution in [0.25, 0.3) is 0 Å². The molecule has 0 saturated heterocycles. The van der Waals surface area contributed by atoms with E-state index in [4.69, 9.17) is 0 Å². The number of nitrogens with zero attached hydrogens (tertiary/aromatic N) is 3. The molecule has 1 heterocycles. The molecule has 16 heavy (non-hydrogen) atoms. The quantitative estimate of drug-likeness (QED) is 0.779. The first kappa shape index (κ1) is 16.9. The number of aromatic nitrogens is 3. The number of amides is 1. The van der Waals surface area contributed by atoms with Crippen molar-refractivity contribution in [3.63, 3.8) is 0 Å². The van der Waals surface area contributed by atoms with Crippen molar-refractivity contribution in [3.8, 4) is 0 Å². The number of carbonyl (C=O) groups excluding carboxylic acids is 1. The minimum Gasteiger partial charge on any atom is -0.357 e. The van der Waals surface area contributed by atoms with Crippen LogP contribution in [-0.4, -0.2) is 27.6 Å². The van der Waals surface area contributed by atoms with Gasteiger partial charge in [0.15, 0.2) is 0 Å². The summed E-state index contributed by atoms with van der Waals surface area (Å²) in [6.07, 6.45) is 2.40. The van der Waals surface area contributed by atoms with Crippen molar-refractivity contribution < 1.29 is 4.79 Å². The van der Waals surface area contributed by atoms with Gasteiger partial charge in [0.1, 0.15) is 5.82 Å². The third-order valence-electron chi connectivity index (χ3n) is 1.19. The summed E-state index contributed by atoms with van der Waals surface area (Å²) in [7, 11) is 0. The number of carbonyl (C=O) groups is 1. The molecule has 1 aromatic rings. The minimum atomic E-state index is 0.280. The van der Waals surface area contributed by atoms with Crippen molar-refractivity contribution in [3.05, 3.63) is 17.7 Å². The summed E-state index contributed by atoms with van der Waals surface area (Å²) in [4.78, 5) is 13.4. The van der Waals surface area contributed by atoms with Crippen molar-refractivity contribution in [1.82, 2.24) is 20.5 Å². The SMILES string of the molecule is CC.CC(C)NC=O.Cc1cnc(C)nn1. The third-order valence-corrected chi connectivity index (χ3v) is 1.19. The molecule has 1 aromatic heterocycles. The van der Waals surface area contributed by atoms with E-state index in [1.165, 1.54) is 0 Å². The molecular formula is C11H22N4O. The fourth-order valence-corrected chi connectivity index (χ4v) is 0.526. The Bertz CT molecular complexity index is 238. The van der Waals surface area contributed by atoms with Crippen LogP contribution in [0.2, 0.25) is 0 Å². The maximum absolute atomic E-state index is 9.50. The molecule has 0 aromatic carbocycles. The molecule has 5 heteroatoms. The Hall–Kier alpha value is -1.52. The second-order valence-corrected chi connectivity index (χ2v) is 3.09. The average molecular weight is 226 g/mol. The van der Waals surface area contributed by atoms with Crippen LogP contribution < -0.4 is 5.32 Å². The highest BCUT2D eigenvalue weighted by atomic mass is 16.1. The van der Waals surface area contributed by atoms with Crippen LogP contribution in [0.5, 0.6) is 0 Å². The van der Waals surface area contributed by atoms with Crippen LogP contribution in [-0.2, 0) is 4.79 Å². The van der Waals surface area contributed by atoms with Crippen molar-refractivity contribution in [2.45, 2.75) is 47.6 Å². The molecule has 0 atom stereocenters. The summed E-state index contributed by atoms with van der Waals surface area (Å²) < 4.78 is 0. The molecular weight excluding hydrogens is 204 g/mol. The van der Waals surface area contributed by atoms with E-state index in [-0.39, 0.29) is 6.04 Å². The Morgan fingerprint density at radius 2 is 1.81 bits per heavy atom. The highest BCUT2D eigenvalue weighted by molar-refractivity contribution is 5.46. The van der Waals surface area contributed by atoms with E-state index in [0.29, 0.717) is 6.41 Å². The molecule has 92 valence electrons. The standard InChI is InChI=1S/C5H7N3.C4H9NO.C2H6/c1-4-3-6-5(2)8-7-4;1-4(2)5-3-6;1-2/h3H,1-2H3;3-4H,1-2H3,(H,5,6);1-2H3. The van der Waals surface area contributed by atoms with Gasteiger partial charge in [-0.05, 0) is 27.7 Å². The van der Waals surface area contributed by atoms with Gasteiger partial charge in [-0.1, -0.05) is 13.8 Å². The van der Waals surface area contributed by atoms with E-state index in [0.717, 1.165) is 11.5 Å². The minimum absolute atomic E-state index is 0.280. The molecule has 0 spiro atoms. The van der Waals surface area contributed by atoms with Gasteiger partial charge in [0.2, 0.25) is 6.41 Å². The number of aryl methyl sites for hydroxylation is 2. The number of hydrogen-bond acceptors (Lipinski definition) is 4. The van der Waals surface area contributed by atoms with Crippen LogP contribution in [0, 0.1) is 13.8 Å². The molecule has 0 aliphatic rings. The molecule has 0 saturated carbocycles. The second kappa shape index (κ2) is 11.6. The lowest BCUT2D eigenvalue weighted by Gasteiger charge is -1.96. The van der Waals surface area contributed by atoms with E-state index in [2.05, 4.69) is 20.5 Å². The van der Waals surface area contributed by atoms with Crippen molar-refractivity contribution in [1.29, 1.82) is 0 Å². The fourth-order valence-electron chi connectivity index (χ4n) is 0.526. The summed E-state index contributed by atoms with van der Waals surface area (Å²) >= 11 is 0. The van der Waals surface area contributed by atoms with Gasteiger partial charge in [-0.25, -0.2) is 4.98 Å². The molecule has 0 aliphatic carbocycles. The van der Waals surface area contributed by atoms with Gasteiger partial charge in [-0.15, -0.1) is 5.10 Å². The molecule has 1 amide bonds. The number of rotatable bonds is 2. The monoisotopic (exact) mass is 226 g/mol. The van der Waals surface area contributed by atoms with Crippen molar-refractivity contribution >= 4 is 6.41 Å². The predicted octanol–water partition coefficient (Wildman–Crippen LogP) is 1.66. The summed E-state index contributed by atoms with van der Waals surface area (Å²) in [6.45, 7) is 11.5. The van der Waals surface area contributed by atoms with Gasteiger partial charge in [-0.2, -0.15) is 5.10 Å². The van der Waals surface area contributed by atoms with E-state index < -0.39 is 0 Å². The molecule has 0 unspecified atom stereocenters. The molecule has 0 bridgehead atoms. The van der Waals surface area contributed by atoms with E-state index in [1.54, 1.807) is 6.20 Å².